The Morgan fingerprint density at radius 1 is 0.737 bits per heavy atom. The van der Waals surface area contributed by atoms with E-state index in [4.69, 9.17) is 14.2 Å². The normalized spacial score (nSPS) is 24.6. The summed E-state index contributed by atoms with van der Waals surface area (Å²) in [6.07, 6.45) is 5.73. The third-order valence-electron chi connectivity index (χ3n) is 8.10. The van der Waals surface area contributed by atoms with Gasteiger partial charge in [0.15, 0.2) is 5.78 Å². The summed E-state index contributed by atoms with van der Waals surface area (Å²) in [7, 11) is 0. The standard InChI is InChI=1S/C32H36O6/c1-3-5-15-36-24-11-7-20(8-12-24)22-17-23-18-26(21-9-13-25(14-10-21)37-16-6-4-2)29-30(28(23)27(33)19-22)32(35)38-31(29)34/h7-14,22,26,29-30H,3-6,15-19H2,1-2H3/t22-,26-,29+,30+/m0/s1. The highest BCUT2D eigenvalue weighted by atomic mass is 16.6. The van der Waals surface area contributed by atoms with E-state index in [-0.39, 0.29) is 17.6 Å². The van der Waals surface area contributed by atoms with Gasteiger partial charge in [-0.2, -0.15) is 0 Å². The summed E-state index contributed by atoms with van der Waals surface area (Å²) in [5.41, 5.74) is 3.56. The Labute approximate surface area is 224 Å². The van der Waals surface area contributed by atoms with Gasteiger partial charge in [-0.25, -0.2) is 0 Å². The quantitative estimate of drug-likeness (QED) is 0.210. The maximum atomic E-state index is 13.4. The van der Waals surface area contributed by atoms with Crippen LogP contribution in [0.2, 0.25) is 0 Å². The molecule has 0 aromatic heterocycles. The van der Waals surface area contributed by atoms with Crippen LogP contribution in [0.15, 0.2) is 59.7 Å². The van der Waals surface area contributed by atoms with Crippen LogP contribution in [0.5, 0.6) is 11.5 Å². The van der Waals surface area contributed by atoms with E-state index in [2.05, 4.69) is 13.8 Å². The molecule has 0 spiro atoms. The van der Waals surface area contributed by atoms with Crippen LogP contribution in [0.3, 0.4) is 0 Å². The Bertz CT molecular complexity index is 1210. The number of carbonyl (C=O) groups excluding carboxylic acids is 3. The molecule has 0 N–H and O–H groups in total. The van der Waals surface area contributed by atoms with Crippen molar-refractivity contribution in [1.82, 2.24) is 0 Å². The second-order valence-corrected chi connectivity index (χ2v) is 10.6. The first-order valence-electron chi connectivity index (χ1n) is 14.0. The number of carbonyl (C=O) groups is 3. The molecule has 6 nitrogen and oxygen atoms in total. The predicted molar refractivity (Wildman–Crippen MR) is 143 cm³/mol. The summed E-state index contributed by atoms with van der Waals surface area (Å²) in [4.78, 5) is 39.1. The molecule has 0 unspecified atom stereocenters. The predicted octanol–water partition coefficient (Wildman–Crippen LogP) is 6.29. The lowest BCUT2D eigenvalue weighted by atomic mass is 9.62. The lowest BCUT2D eigenvalue weighted by Gasteiger charge is -2.37. The first-order valence-corrected chi connectivity index (χ1v) is 14.0. The molecule has 0 amide bonds. The van der Waals surface area contributed by atoms with E-state index in [1.54, 1.807) is 0 Å². The highest BCUT2D eigenvalue weighted by molar-refractivity contribution is 6.09. The van der Waals surface area contributed by atoms with Gasteiger partial charge in [-0.3, -0.25) is 14.4 Å². The van der Waals surface area contributed by atoms with Crippen LogP contribution in [0.1, 0.15) is 81.8 Å². The summed E-state index contributed by atoms with van der Waals surface area (Å²) in [6.45, 7) is 5.61. The fourth-order valence-corrected chi connectivity index (χ4v) is 6.07. The topological polar surface area (TPSA) is 78.9 Å². The lowest BCUT2D eigenvalue weighted by molar-refractivity contribution is -0.153. The molecule has 4 atom stereocenters. The molecule has 1 fully saturated rings. The molecule has 2 aromatic carbocycles. The van der Waals surface area contributed by atoms with Crippen LogP contribution in [0.4, 0.5) is 0 Å². The average molecular weight is 517 g/mol. The Balaban J connectivity index is 1.39. The molecule has 3 aliphatic rings. The van der Waals surface area contributed by atoms with Crippen molar-refractivity contribution in [3.8, 4) is 11.5 Å². The van der Waals surface area contributed by atoms with Crippen molar-refractivity contribution in [2.75, 3.05) is 13.2 Å². The number of Topliss-reactive ketones (excluding diaryl/α,β-unsaturated/α-hetero) is 1. The van der Waals surface area contributed by atoms with Crippen LogP contribution < -0.4 is 9.47 Å². The maximum absolute atomic E-state index is 13.4. The van der Waals surface area contributed by atoms with Gasteiger partial charge in [0.1, 0.15) is 11.5 Å². The third-order valence-corrected chi connectivity index (χ3v) is 8.10. The summed E-state index contributed by atoms with van der Waals surface area (Å²) < 4.78 is 16.7. The summed E-state index contributed by atoms with van der Waals surface area (Å²) in [5, 5.41) is 0. The number of allylic oxidation sites excluding steroid dienone is 1. The van der Waals surface area contributed by atoms with Crippen molar-refractivity contribution >= 4 is 17.7 Å². The van der Waals surface area contributed by atoms with Gasteiger partial charge in [0, 0.05) is 17.9 Å². The minimum atomic E-state index is -0.806. The fourth-order valence-electron chi connectivity index (χ4n) is 6.07. The van der Waals surface area contributed by atoms with E-state index >= 15 is 0 Å². The zero-order valence-electron chi connectivity index (χ0n) is 22.2. The van der Waals surface area contributed by atoms with Gasteiger partial charge in [0.2, 0.25) is 0 Å². The summed E-state index contributed by atoms with van der Waals surface area (Å²) >= 11 is 0. The number of ether oxygens (including phenoxy) is 3. The number of rotatable bonds is 10. The molecule has 1 heterocycles. The molecule has 200 valence electrons. The number of unbranched alkanes of at least 4 members (excludes halogenated alkanes) is 2. The summed E-state index contributed by atoms with van der Waals surface area (Å²) in [6, 6.07) is 15.8. The second-order valence-electron chi connectivity index (χ2n) is 10.6. The van der Waals surface area contributed by atoms with Crippen molar-refractivity contribution in [2.24, 2.45) is 11.8 Å². The molecule has 5 rings (SSSR count). The highest BCUT2D eigenvalue weighted by Gasteiger charge is 2.56. The zero-order chi connectivity index (χ0) is 26.6. The van der Waals surface area contributed by atoms with Crippen LogP contribution in [-0.2, 0) is 19.1 Å². The molecule has 1 saturated heterocycles. The zero-order valence-corrected chi connectivity index (χ0v) is 22.2. The van der Waals surface area contributed by atoms with Crippen LogP contribution in [-0.4, -0.2) is 30.9 Å². The fraction of sp³-hybridized carbons (Fsp3) is 0.469. The third kappa shape index (κ3) is 5.27. The number of hydrogen-bond acceptors (Lipinski definition) is 6. The van der Waals surface area contributed by atoms with Crippen LogP contribution in [0, 0.1) is 11.8 Å². The SMILES string of the molecule is CCCCOc1ccc([C@@H]2CC(=O)C3=C(C2)C[C@@H](c2ccc(OCCCC)cc2)[C@H]2C(=O)OC(=O)[C@H]32)cc1. The van der Waals surface area contributed by atoms with E-state index in [1.807, 2.05) is 48.5 Å². The smallest absolute Gasteiger partial charge is 0.322 e. The van der Waals surface area contributed by atoms with Crippen molar-refractivity contribution < 1.29 is 28.6 Å². The largest absolute Gasteiger partial charge is 0.494 e. The van der Waals surface area contributed by atoms with Crippen molar-refractivity contribution in [2.45, 2.75) is 70.6 Å². The Morgan fingerprint density at radius 3 is 1.89 bits per heavy atom. The first-order chi connectivity index (χ1) is 18.5. The van der Waals surface area contributed by atoms with Gasteiger partial charge in [0.25, 0.3) is 0 Å². The molecule has 6 heteroatoms. The molecule has 2 aliphatic carbocycles. The van der Waals surface area contributed by atoms with Crippen LogP contribution >= 0.6 is 0 Å². The average Bonchev–Trinajstić information content (AvgIpc) is 3.22. The Kier molecular flexibility index (Phi) is 7.96. The Morgan fingerprint density at radius 2 is 1.32 bits per heavy atom. The monoisotopic (exact) mass is 516 g/mol. The van der Waals surface area contributed by atoms with Gasteiger partial charge in [-0.05, 0) is 67.0 Å². The molecule has 0 radical (unpaired) electrons. The Hall–Kier alpha value is -3.41. The van der Waals surface area contributed by atoms with E-state index in [0.717, 1.165) is 53.9 Å². The van der Waals surface area contributed by atoms with Gasteiger partial charge >= 0.3 is 11.9 Å². The van der Waals surface area contributed by atoms with E-state index in [9.17, 15) is 14.4 Å². The molecular formula is C32H36O6. The molecular weight excluding hydrogens is 480 g/mol. The molecule has 0 bridgehead atoms. The summed E-state index contributed by atoms with van der Waals surface area (Å²) in [5.74, 6) is -1.18. The number of benzene rings is 2. The van der Waals surface area contributed by atoms with Crippen LogP contribution in [0.25, 0.3) is 0 Å². The van der Waals surface area contributed by atoms with E-state index in [1.165, 1.54) is 0 Å². The number of fused-ring (bicyclic) bond motifs is 2. The number of hydrogen-bond donors (Lipinski definition) is 0. The minimum absolute atomic E-state index is 0.0330. The van der Waals surface area contributed by atoms with Gasteiger partial charge in [-0.1, -0.05) is 56.5 Å². The van der Waals surface area contributed by atoms with Gasteiger partial charge < -0.3 is 14.2 Å². The number of esters is 2. The maximum Gasteiger partial charge on any atom is 0.322 e. The molecule has 0 saturated carbocycles. The van der Waals surface area contributed by atoms with Gasteiger partial charge in [-0.15, -0.1) is 0 Å². The van der Waals surface area contributed by atoms with E-state index < -0.39 is 23.8 Å². The molecule has 38 heavy (non-hydrogen) atoms. The van der Waals surface area contributed by atoms with E-state index in [0.29, 0.717) is 38.0 Å². The second kappa shape index (κ2) is 11.5. The molecule has 1 aliphatic heterocycles. The van der Waals surface area contributed by atoms with Crippen molar-refractivity contribution in [3.63, 3.8) is 0 Å². The lowest BCUT2D eigenvalue weighted by Crippen LogP contribution is -2.37. The highest BCUT2D eigenvalue weighted by Crippen LogP contribution is 2.53. The minimum Gasteiger partial charge on any atom is -0.494 e. The van der Waals surface area contributed by atoms with Gasteiger partial charge in [0.05, 0.1) is 25.0 Å². The number of ketones is 1. The molecule has 2 aromatic rings. The van der Waals surface area contributed by atoms with Crippen molar-refractivity contribution in [1.29, 1.82) is 0 Å². The first kappa shape index (κ1) is 26.2. The van der Waals surface area contributed by atoms with Crippen molar-refractivity contribution in [3.05, 3.63) is 70.8 Å². The number of cyclic esters (lactones) is 2.